The van der Waals surface area contributed by atoms with E-state index in [-0.39, 0.29) is 5.91 Å². The van der Waals surface area contributed by atoms with E-state index in [0.29, 0.717) is 11.6 Å². The van der Waals surface area contributed by atoms with Crippen molar-refractivity contribution in [1.29, 1.82) is 5.26 Å². The summed E-state index contributed by atoms with van der Waals surface area (Å²) >= 11 is 0. The zero-order chi connectivity index (χ0) is 11.2. The highest BCUT2D eigenvalue weighted by atomic mass is 16.5. The Morgan fingerprint density at radius 3 is 3.12 bits per heavy atom. The molecule has 1 atom stereocenters. The Hall–Kier alpha value is -2.09. The Labute approximate surface area is 92.0 Å². The summed E-state index contributed by atoms with van der Waals surface area (Å²) in [7, 11) is 0. The smallest absolute Gasteiger partial charge is 0.268 e. The van der Waals surface area contributed by atoms with Crippen molar-refractivity contribution in [1.82, 2.24) is 4.98 Å². The topological polar surface area (TPSA) is 75.0 Å². The van der Waals surface area contributed by atoms with E-state index < -0.39 is 11.5 Å². The van der Waals surface area contributed by atoms with Gasteiger partial charge >= 0.3 is 0 Å². The molecule has 0 radical (unpaired) electrons. The van der Waals surface area contributed by atoms with Gasteiger partial charge in [0, 0.05) is 6.20 Å². The molecule has 1 saturated carbocycles. The minimum atomic E-state index is -0.700. The van der Waals surface area contributed by atoms with Gasteiger partial charge in [-0.25, -0.2) is 4.98 Å². The number of hydrogen-bond donors (Lipinski definition) is 1. The SMILES string of the molecule is N#CC1(C2Oc3cccnc3NC2=O)CC1. The van der Waals surface area contributed by atoms with E-state index in [1.165, 1.54) is 0 Å². The van der Waals surface area contributed by atoms with Crippen molar-refractivity contribution in [3.8, 4) is 11.8 Å². The normalized spacial score (nSPS) is 24.7. The van der Waals surface area contributed by atoms with Crippen molar-refractivity contribution < 1.29 is 9.53 Å². The number of anilines is 1. The second kappa shape index (κ2) is 2.95. The van der Waals surface area contributed by atoms with Gasteiger partial charge in [-0.15, -0.1) is 0 Å². The second-order valence-electron chi connectivity index (χ2n) is 4.11. The van der Waals surface area contributed by atoms with Crippen LogP contribution < -0.4 is 10.1 Å². The predicted molar refractivity (Wildman–Crippen MR) is 54.6 cm³/mol. The molecule has 5 nitrogen and oxygen atoms in total. The van der Waals surface area contributed by atoms with Crippen molar-refractivity contribution in [2.75, 3.05) is 5.32 Å². The Balaban J connectivity index is 1.96. The summed E-state index contributed by atoms with van der Waals surface area (Å²) in [6, 6.07) is 5.65. The highest BCUT2D eigenvalue weighted by molar-refractivity contribution is 5.97. The standard InChI is InChI=1S/C11H9N3O2/c12-6-11(3-4-11)8-10(15)14-9-7(16-8)2-1-5-13-9/h1-2,5,8H,3-4H2,(H,13,14,15). The number of nitriles is 1. The van der Waals surface area contributed by atoms with E-state index in [9.17, 15) is 4.79 Å². The number of nitrogens with zero attached hydrogens (tertiary/aromatic N) is 2. The zero-order valence-electron chi connectivity index (χ0n) is 8.43. The van der Waals surface area contributed by atoms with Gasteiger partial charge in [-0.3, -0.25) is 4.79 Å². The van der Waals surface area contributed by atoms with E-state index >= 15 is 0 Å². The van der Waals surface area contributed by atoms with Crippen LogP contribution in [0, 0.1) is 16.7 Å². The van der Waals surface area contributed by atoms with Crippen molar-refractivity contribution in [3.05, 3.63) is 18.3 Å². The molecule has 1 aromatic heterocycles. The lowest BCUT2D eigenvalue weighted by Crippen LogP contribution is -2.43. The van der Waals surface area contributed by atoms with Crippen molar-refractivity contribution in [2.24, 2.45) is 5.41 Å². The molecular weight excluding hydrogens is 206 g/mol. The van der Waals surface area contributed by atoms with Gasteiger partial charge < -0.3 is 10.1 Å². The number of carbonyl (C=O) groups is 1. The maximum absolute atomic E-state index is 11.8. The number of pyridine rings is 1. The Morgan fingerprint density at radius 2 is 2.44 bits per heavy atom. The molecule has 3 rings (SSSR count). The number of fused-ring (bicyclic) bond motifs is 1. The first-order chi connectivity index (χ1) is 7.75. The Bertz CT molecular complexity index is 502. The Morgan fingerprint density at radius 1 is 1.62 bits per heavy atom. The number of amides is 1. The molecule has 5 heteroatoms. The zero-order valence-corrected chi connectivity index (χ0v) is 8.43. The molecule has 1 amide bonds. The molecule has 1 aliphatic heterocycles. The summed E-state index contributed by atoms with van der Waals surface area (Å²) < 4.78 is 5.57. The summed E-state index contributed by atoms with van der Waals surface area (Å²) in [6.45, 7) is 0. The minimum Gasteiger partial charge on any atom is -0.475 e. The summed E-state index contributed by atoms with van der Waals surface area (Å²) in [4.78, 5) is 15.8. The fourth-order valence-corrected chi connectivity index (χ4v) is 1.87. The lowest BCUT2D eigenvalue weighted by Gasteiger charge is -2.27. The van der Waals surface area contributed by atoms with Gasteiger partial charge in [-0.05, 0) is 25.0 Å². The molecule has 0 saturated heterocycles. The van der Waals surface area contributed by atoms with Gasteiger partial charge in [0.25, 0.3) is 5.91 Å². The van der Waals surface area contributed by atoms with Crippen LogP contribution in [0.15, 0.2) is 18.3 Å². The summed E-state index contributed by atoms with van der Waals surface area (Å²) in [5.74, 6) is 0.691. The van der Waals surface area contributed by atoms with Crippen LogP contribution >= 0.6 is 0 Å². The lowest BCUT2D eigenvalue weighted by atomic mass is 9.99. The molecule has 0 bridgehead atoms. The molecule has 1 aromatic rings. The maximum Gasteiger partial charge on any atom is 0.268 e. The molecule has 1 fully saturated rings. The number of nitrogens with one attached hydrogen (secondary N) is 1. The molecule has 1 aliphatic carbocycles. The third-order valence-electron chi connectivity index (χ3n) is 3.01. The molecule has 0 aromatic carbocycles. The van der Waals surface area contributed by atoms with E-state index in [1.807, 2.05) is 0 Å². The fraction of sp³-hybridized carbons (Fsp3) is 0.364. The first-order valence-corrected chi connectivity index (χ1v) is 5.09. The van der Waals surface area contributed by atoms with Crippen molar-refractivity contribution in [2.45, 2.75) is 18.9 Å². The highest BCUT2D eigenvalue weighted by Crippen LogP contribution is 2.51. The molecule has 80 valence electrons. The van der Waals surface area contributed by atoms with Gasteiger partial charge in [0.15, 0.2) is 17.7 Å². The summed E-state index contributed by atoms with van der Waals surface area (Å²) in [5.41, 5.74) is -0.627. The quantitative estimate of drug-likeness (QED) is 0.760. The number of hydrogen-bond acceptors (Lipinski definition) is 4. The monoisotopic (exact) mass is 215 g/mol. The molecule has 2 aliphatic rings. The van der Waals surface area contributed by atoms with Gasteiger partial charge in [0.2, 0.25) is 0 Å². The van der Waals surface area contributed by atoms with Crippen LogP contribution in [0.3, 0.4) is 0 Å². The first-order valence-electron chi connectivity index (χ1n) is 5.09. The van der Waals surface area contributed by atoms with E-state index in [0.717, 1.165) is 12.8 Å². The number of ether oxygens (including phenoxy) is 1. The molecule has 0 spiro atoms. The van der Waals surface area contributed by atoms with Gasteiger partial charge in [-0.1, -0.05) is 0 Å². The molecule has 2 heterocycles. The van der Waals surface area contributed by atoms with E-state index in [1.54, 1.807) is 18.3 Å². The number of aromatic nitrogens is 1. The lowest BCUT2D eigenvalue weighted by molar-refractivity contribution is -0.125. The maximum atomic E-state index is 11.8. The fourth-order valence-electron chi connectivity index (χ4n) is 1.87. The van der Waals surface area contributed by atoms with Crippen LogP contribution in [-0.2, 0) is 4.79 Å². The average molecular weight is 215 g/mol. The van der Waals surface area contributed by atoms with Crippen LogP contribution in [0.1, 0.15) is 12.8 Å². The molecule has 1 N–H and O–H groups in total. The van der Waals surface area contributed by atoms with Crippen LogP contribution in [0.4, 0.5) is 5.82 Å². The third-order valence-corrected chi connectivity index (χ3v) is 3.01. The van der Waals surface area contributed by atoms with Gasteiger partial charge in [-0.2, -0.15) is 5.26 Å². The number of rotatable bonds is 1. The van der Waals surface area contributed by atoms with Crippen molar-refractivity contribution >= 4 is 11.7 Å². The van der Waals surface area contributed by atoms with Gasteiger partial charge in [0.05, 0.1) is 6.07 Å². The van der Waals surface area contributed by atoms with Crippen LogP contribution in [0.2, 0.25) is 0 Å². The minimum absolute atomic E-state index is 0.273. The molecular formula is C11H9N3O2. The number of carbonyl (C=O) groups excluding carboxylic acids is 1. The third kappa shape index (κ3) is 1.16. The second-order valence-corrected chi connectivity index (χ2v) is 4.11. The first kappa shape index (κ1) is 9.16. The van der Waals surface area contributed by atoms with Crippen molar-refractivity contribution in [3.63, 3.8) is 0 Å². The highest BCUT2D eigenvalue weighted by Gasteiger charge is 2.56. The largest absolute Gasteiger partial charge is 0.475 e. The summed E-state index contributed by atoms with van der Waals surface area (Å²) in [6.07, 6.45) is 2.32. The van der Waals surface area contributed by atoms with E-state index in [4.69, 9.17) is 10.00 Å². The van der Waals surface area contributed by atoms with Crippen LogP contribution in [-0.4, -0.2) is 17.0 Å². The van der Waals surface area contributed by atoms with E-state index in [2.05, 4.69) is 16.4 Å². The average Bonchev–Trinajstić information content (AvgIpc) is 3.09. The predicted octanol–water partition coefficient (Wildman–Crippen LogP) is 1.08. The van der Waals surface area contributed by atoms with Crippen LogP contribution in [0.5, 0.6) is 5.75 Å². The summed E-state index contributed by atoms with van der Waals surface area (Å²) in [5, 5.41) is 11.7. The Kier molecular flexibility index (Phi) is 1.69. The molecule has 1 unspecified atom stereocenters. The van der Waals surface area contributed by atoms with Crippen LogP contribution in [0.25, 0.3) is 0 Å². The van der Waals surface area contributed by atoms with Gasteiger partial charge in [0.1, 0.15) is 5.41 Å². The molecule has 16 heavy (non-hydrogen) atoms.